The quantitative estimate of drug-likeness (QED) is 0.365. The Kier molecular flexibility index (Phi) is 5.16. The fourth-order valence-corrected chi connectivity index (χ4v) is 2.29. The van der Waals surface area contributed by atoms with E-state index in [2.05, 4.69) is 0 Å². The van der Waals surface area contributed by atoms with Crippen LogP contribution >= 0.6 is 8.25 Å². The Bertz CT molecular complexity index is 635. The Labute approximate surface area is 128 Å². The summed E-state index contributed by atoms with van der Waals surface area (Å²) in [6.07, 6.45) is 0. The zero-order chi connectivity index (χ0) is 16.1. The Hall–Kier alpha value is -2.34. The van der Waals surface area contributed by atoms with Crippen LogP contribution in [-0.2, 0) is 26.8 Å². The number of benzene rings is 2. The fourth-order valence-electron chi connectivity index (χ4n) is 1.72. The van der Waals surface area contributed by atoms with E-state index in [1.807, 2.05) is 0 Å². The predicted octanol–water partition coefficient (Wildman–Crippen LogP) is 2.65. The minimum Gasteiger partial charge on any atom is -0.508 e. The van der Waals surface area contributed by atoms with Crippen LogP contribution in [-0.4, -0.2) is 10.2 Å². The molecule has 0 spiro atoms. The Morgan fingerprint density at radius 3 is 1.68 bits per heavy atom. The second-order valence-corrected chi connectivity index (χ2v) is 5.51. The van der Waals surface area contributed by atoms with Gasteiger partial charge in [0.1, 0.15) is 24.7 Å². The van der Waals surface area contributed by atoms with Crippen LogP contribution in [0.4, 0.5) is 11.4 Å². The van der Waals surface area contributed by atoms with Crippen LogP contribution in [0.1, 0.15) is 11.1 Å². The van der Waals surface area contributed by atoms with Crippen molar-refractivity contribution in [1.29, 1.82) is 0 Å². The van der Waals surface area contributed by atoms with E-state index in [9.17, 15) is 14.8 Å². The standard InChI is InChI=1S/C14H15N2O5P/c15-11-1-3-13(17)9(5-11)7-20-22(19)21-8-10-6-12(16)2-4-14(10)18/h1-6H,7-8,15-16H2,(H-,17,18)/p+1. The maximum Gasteiger partial charge on any atom is 0.698 e. The maximum absolute atomic E-state index is 11.7. The molecule has 0 saturated heterocycles. The largest absolute Gasteiger partial charge is 0.698 e. The summed E-state index contributed by atoms with van der Waals surface area (Å²) in [6, 6.07) is 8.96. The number of hydrogen-bond acceptors (Lipinski definition) is 7. The molecule has 116 valence electrons. The van der Waals surface area contributed by atoms with Crippen LogP contribution in [0.25, 0.3) is 0 Å². The third-order valence-electron chi connectivity index (χ3n) is 2.86. The lowest BCUT2D eigenvalue weighted by molar-refractivity contribution is 0.209. The molecule has 0 atom stereocenters. The third-order valence-corrected chi connectivity index (χ3v) is 3.54. The summed E-state index contributed by atoms with van der Waals surface area (Å²) in [6.45, 7) is -0.232. The minimum absolute atomic E-state index is 0.00826. The lowest BCUT2D eigenvalue weighted by Crippen LogP contribution is -1.94. The molecule has 0 aliphatic carbocycles. The topological polar surface area (TPSA) is 128 Å². The van der Waals surface area contributed by atoms with Gasteiger partial charge >= 0.3 is 8.25 Å². The molecule has 8 heteroatoms. The van der Waals surface area contributed by atoms with E-state index in [4.69, 9.17) is 20.5 Å². The van der Waals surface area contributed by atoms with Gasteiger partial charge in [-0.05, 0) is 36.4 Å². The summed E-state index contributed by atoms with van der Waals surface area (Å²) in [5, 5.41) is 19.2. The van der Waals surface area contributed by atoms with E-state index in [0.717, 1.165) is 0 Å². The summed E-state index contributed by atoms with van der Waals surface area (Å²) in [5.74, 6) is -0.0165. The molecule has 0 aliphatic heterocycles. The fraction of sp³-hybridized carbons (Fsp3) is 0.143. The van der Waals surface area contributed by atoms with Gasteiger partial charge in [-0.25, -0.2) is 0 Å². The van der Waals surface area contributed by atoms with Crippen molar-refractivity contribution < 1.29 is 23.8 Å². The molecular weight excluding hydrogens is 307 g/mol. The van der Waals surface area contributed by atoms with Gasteiger partial charge in [-0.1, -0.05) is 0 Å². The first-order valence-electron chi connectivity index (χ1n) is 6.33. The molecule has 7 nitrogen and oxygen atoms in total. The maximum atomic E-state index is 11.7. The van der Waals surface area contributed by atoms with Gasteiger partial charge in [0.25, 0.3) is 0 Å². The molecule has 2 aromatic carbocycles. The summed E-state index contributed by atoms with van der Waals surface area (Å²) in [4.78, 5) is 0. The van der Waals surface area contributed by atoms with Crippen LogP contribution in [0.2, 0.25) is 0 Å². The molecule has 2 rings (SSSR count). The van der Waals surface area contributed by atoms with Crippen molar-refractivity contribution in [3.05, 3.63) is 47.5 Å². The van der Waals surface area contributed by atoms with Crippen LogP contribution < -0.4 is 11.5 Å². The van der Waals surface area contributed by atoms with E-state index in [-0.39, 0.29) is 24.7 Å². The zero-order valence-electron chi connectivity index (χ0n) is 11.6. The van der Waals surface area contributed by atoms with Crippen LogP contribution in [0.5, 0.6) is 11.5 Å². The van der Waals surface area contributed by atoms with Crippen molar-refractivity contribution in [3.63, 3.8) is 0 Å². The number of aromatic hydroxyl groups is 2. The lowest BCUT2D eigenvalue weighted by atomic mass is 10.2. The molecule has 0 radical (unpaired) electrons. The molecule has 0 fully saturated rings. The average Bonchev–Trinajstić information content (AvgIpc) is 2.49. The van der Waals surface area contributed by atoms with Crippen molar-refractivity contribution in [3.8, 4) is 11.5 Å². The van der Waals surface area contributed by atoms with Crippen LogP contribution in [0, 0.1) is 0 Å². The number of hydrogen-bond donors (Lipinski definition) is 4. The SMILES string of the molecule is Nc1ccc(O)c(CO[P+](=O)OCc2cc(N)ccc2O)c1. The summed E-state index contributed by atoms with van der Waals surface area (Å²) in [5.41, 5.74) is 12.9. The highest BCUT2D eigenvalue weighted by atomic mass is 31.1. The number of anilines is 2. The molecule has 2 aromatic rings. The smallest absolute Gasteiger partial charge is 0.508 e. The average molecular weight is 323 g/mol. The molecule has 6 N–H and O–H groups in total. The molecule has 22 heavy (non-hydrogen) atoms. The van der Waals surface area contributed by atoms with Gasteiger partial charge in [-0.2, -0.15) is 0 Å². The first-order chi connectivity index (χ1) is 10.5. The Morgan fingerprint density at radius 1 is 0.864 bits per heavy atom. The first-order valence-corrected chi connectivity index (χ1v) is 7.43. The molecule has 0 unspecified atom stereocenters. The van der Waals surface area contributed by atoms with Crippen molar-refractivity contribution in [2.24, 2.45) is 0 Å². The van der Waals surface area contributed by atoms with Gasteiger partial charge in [-0.3, -0.25) is 0 Å². The van der Waals surface area contributed by atoms with E-state index in [1.165, 1.54) is 36.4 Å². The van der Waals surface area contributed by atoms with Gasteiger partial charge < -0.3 is 21.7 Å². The van der Waals surface area contributed by atoms with Gasteiger partial charge in [0.05, 0.1) is 0 Å². The molecule has 0 saturated carbocycles. The molecule has 0 bridgehead atoms. The highest BCUT2D eigenvalue weighted by Gasteiger charge is 2.22. The highest BCUT2D eigenvalue weighted by molar-refractivity contribution is 7.33. The Morgan fingerprint density at radius 2 is 1.27 bits per heavy atom. The van der Waals surface area contributed by atoms with Crippen molar-refractivity contribution in [1.82, 2.24) is 0 Å². The van der Waals surface area contributed by atoms with Gasteiger partial charge in [-0.15, -0.1) is 9.05 Å². The monoisotopic (exact) mass is 323 g/mol. The van der Waals surface area contributed by atoms with Crippen molar-refractivity contribution in [2.75, 3.05) is 11.5 Å². The van der Waals surface area contributed by atoms with E-state index < -0.39 is 8.25 Å². The summed E-state index contributed by atoms with van der Waals surface area (Å²) < 4.78 is 21.7. The van der Waals surface area contributed by atoms with Crippen LogP contribution in [0.15, 0.2) is 36.4 Å². The second kappa shape index (κ2) is 7.09. The van der Waals surface area contributed by atoms with Gasteiger partial charge in [0.2, 0.25) is 0 Å². The van der Waals surface area contributed by atoms with Gasteiger partial charge in [0.15, 0.2) is 0 Å². The van der Waals surface area contributed by atoms with Crippen molar-refractivity contribution >= 4 is 19.6 Å². The van der Waals surface area contributed by atoms with E-state index in [1.54, 1.807) is 0 Å². The lowest BCUT2D eigenvalue weighted by Gasteiger charge is -2.02. The summed E-state index contributed by atoms with van der Waals surface area (Å²) >= 11 is 0. The molecule has 0 heterocycles. The van der Waals surface area contributed by atoms with E-state index in [0.29, 0.717) is 22.5 Å². The highest BCUT2D eigenvalue weighted by Crippen LogP contribution is 2.31. The minimum atomic E-state index is -2.43. The van der Waals surface area contributed by atoms with E-state index >= 15 is 0 Å². The number of rotatable bonds is 6. The molecular formula is C14H16N2O5P+. The number of nitrogens with two attached hydrogens (primary N) is 2. The number of nitrogen functional groups attached to an aromatic ring is 2. The predicted molar refractivity (Wildman–Crippen MR) is 82.2 cm³/mol. The summed E-state index contributed by atoms with van der Waals surface area (Å²) in [7, 11) is -2.43. The normalized spacial score (nSPS) is 10.5. The third kappa shape index (κ3) is 4.33. The zero-order valence-corrected chi connectivity index (χ0v) is 12.5. The first kappa shape index (κ1) is 16.0. The van der Waals surface area contributed by atoms with Gasteiger partial charge in [0, 0.05) is 27.1 Å². The van der Waals surface area contributed by atoms with Crippen LogP contribution in [0.3, 0.4) is 0 Å². The number of phenolic OH excluding ortho intramolecular Hbond substituents is 2. The molecule has 0 aliphatic rings. The second-order valence-electron chi connectivity index (χ2n) is 4.55. The molecule has 0 amide bonds. The number of phenols is 2. The molecule has 0 aromatic heterocycles. The Balaban J connectivity index is 1.88. The van der Waals surface area contributed by atoms with Crippen molar-refractivity contribution in [2.45, 2.75) is 13.2 Å².